The van der Waals surface area contributed by atoms with Crippen LogP contribution in [0.4, 0.5) is 5.82 Å². The fourth-order valence-electron chi connectivity index (χ4n) is 1.70. The van der Waals surface area contributed by atoms with Gasteiger partial charge in [-0.15, -0.1) is 12.1 Å². The Morgan fingerprint density at radius 3 is 2.63 bits per heavy atom. The zero-order valence-corrected chi connectivity index (χ0v) is 15.4. The van der Waals surface area contributed by atoms with E-state index in [0.29, 0.717) is 5.82 Å². The quantitative estimate of drug-likeness (QED) is 0.866. The summed E-state index contributed by atoms with van der Waals surface area (Å²) in [7, 11) is 0. The number of hydrogen-bond acceptors (Lipinski definition) is 3. The summed E-state index contributed by atoms with van der Waals surface area (Å²) in [5.41, 5.74) is 9.11. The van der Waals surface area contributed by atoms with Crippen LogP contribution < -0.4 is 5.73 Å². The Bertz CT molecular complexity index is 564. The van der Waals surface area contributed by atoms with Crippen LogP contribution in [0.2, 0.25) is 0 Å². The van der Waals surface area contributed by atoms with Gasteiger partial charge in [-0.05, 0) is 25.8 Å². The zero-order chi connectivity index (χ0) is 13.3. The first-order valence-electron chi connectivity index (χ1n) is 5.84. The van der Waals surface area contributed by atoms with Crippen molar-refractivity contribution in [3.63, 3.8) is 0 Å². The van der Waals surface area contributed by atoms with E-state index >= 15 is 0 Å². The number of nitrogen functional groups attached to an aromatic ring is 1. The fraction of sp³-hybridized carbons (Fsp3) is 0.357. The van der Waals surface area contributed by atoms with Crippen LogP contribution in [-0.4, -0.2) is 16.0 Å². The van der Waals surface area contributed by atoms with Crippen molar-refractivity contribution in [1.82, 2.24) is 9.78 Å². The molecule has 0 amide bonds. The first kappa shape index (κ1) is 16.7. The summed E-state index contributed by atoms with van der Waals surface area (Å²) >= 11 is 1.76. The minimum atomic E-state index is -0.0324. The van der Waals surface area contributed by atoms with Crippen molar-refractivity contribution in [2.24, 2.45) is 0 Å². The van der Waals surface area contributed by atoms with E-state index < -0.39 is 0 Å². The van der Waals surface area contributed by atoms with Gasteiger partial charge in [0.05, 0.1) is 10.4 Å². The van der Waals surface area contributed by atoms with Gasteiger partial charge in [-0.3, -0.25) is 0 Å². The molecule has 0 unspecified atom stereocenters. The van der Waals surface area contributed by atoms with Crippen molar-refractivity contribution < 1.29 is 32.7 Å². The standard InChI is InChI=1S/C14H18N3S.Y/c1-10-6-5-7-11(8-10)17-13(15)9-12(16-17)14(2,3)18-4;/h5,7-9H,15H2,1-4H3;/q-1;. The number of hydrogen-bond donors (Lipinski definition) is 1. The molecule has 2 N–H and O–H groups in total. The van der Waals surface area contributed by atoms with Crippen molar-refractivity contribution in [2.75, 3.05) is 12.0 Å². The third-order valence-corrected chi connectivity index (χ3v) is 4.27. The molecule has 19 heavy (non-hydrogen) atoms. The van der Waals surface area contributed by atoms with Crippen molar-refractivity contribution in [3.05, 3.63) is 41.6 Å². The van der Waals surface area contributed by atoms with Crippen molar-refractivity contribution >= 4 is 17.6 Å². The number of nitrogens with two attached hydrogens (primary N) is 1. The Balaban J connectivity index is 0.00000180. The summed E-state index contributed by atoms with van der Waals surface area (Å²) in [6.07, 6.45) is 2.08. The average Bonchev–Trinajstić information content (AvgIpc) is 2.72. The second-order valence-corrected chi connectivity index (χ2v) is 6.24. The van der Waals surface area contributed by atoms with Gasteiger partial charge in [-0.2, -0.15) is 34.6 Å². The number of rotatable bonds is 3. The van der Waals surface area contributed by atoms with Crippen LogP contribution in [0.3, 0.4) is 0 Å². The van der Waals surface area contributed by atoms with E-state index in [1.807, 2.05) is 31.2 Å². The number of benzene rings is 1. The molecule has 0 fully saturated rings. The fourth-order valence-corrected chi connectivity index (χ4v) is 2.01. The summed E-state index contributed by atoms with van der Waals surface area (Å²) < 4.78 is 1.75. The molecule has 0 aliphatic heterocycles. The molecule has 1 aromatic carbocycles. The van der Waals surface area contributed by atoms with Crippen molar-refractivity contribution in [2.45, 2.75) is 25.5 Å². The SMILES string of the molecule is CSC(C)(C)c1cc(N)n(-c2cc[c-]c(C)c2)n1.[Y]. The van der Waals surface area contributed by atoms with E-state index in [9.17, 15) is 0 Å². The average molecular weight is 349 g/mol. The molecule has 0 aliphatic rings. The molecule has 1 radical (unpaired) electrons. The first-order valence-corrected chi connectivity index (χ1v) is 7.06. The molecule has 5 heteroatoms. The van der Waals surface area contributed by atoms with E-state index in [-0.39, 0.29) is 37.5 Å². The van der Waals surface area contributed by atoms with Crippen LogP contribution in [0, 0.1) is 13.0 Å². The van der Waals surface area contributed by atoms with Gasteiger partial charge in [0.1, 0.15) is 5.82 Å². The number of anilines is 1. The second-order valence-electron chi connectivity index (χ2n) is 4.81. The van der Waals surface area contributed by atoms with Crippen LogP contribution in [0.5, 0.6) is 0 Å². The molecule has 0 saturated carbocycles. The van der Waals surface area contributed by atoms with Gasteiger partial charge in [-0.25, -0.2) is 4.68 Å². The predicted molar refractivity (Wildman–Crippen MR) is 78.1 cm³/mol. The van der Waals surface area contributed by atoms with E-state index in [1.165, 1.54) is 0 Å². The van der Waals surface area contributed by atoms with Gasteiger partial charge in [0.15, 0.2) is 0 Å². The maximum absolute atomic E-state index is 6.06. The Hall–Kier alpha value is -0.316. The molecule has 99 valence electrons. The van der Waals surface area contributed by atoms with Gasteiger partial charge in [0.2, 0.25) is 0 Å². The van der Waals surface area contributed by atoms with E-state index in [4.69, 9.17) is 5.73 Å². The maximum atomic E-state index is 6.06. The van der Waals surface area contributed by atoms with Crippen LogP contribution in [0.15, 0.2) is 24.3 Å². The molecule has 0 spiro atoms. The van der Waals surface area contributed by atoms with Gasteiger partial charge in [-0.1, -0.05) is 6.92 Å². The van der Waals surface area contributed by atoms with Gasteiger partial charge >= 0.3 is 0 Å². The monoisotopic (exact) mass is 349 g/mol. The number of aromatic nitrogens is 2. The molecule has 0 saturated heterocycles. The molecule has 1 heterocycles. The van der Waals surface area contributed by atoms with Crippen molar-refractivity contribution in [3.8, 4) is 5.69 Å². The summed E-state index contributed by atoms with van der Waals surface area (Å²) in [5, 5.41) is 4.62. The Morgan fingerprint density at radius 2 is 2.05 bits per heavy atom. The number of thioether (sulfide) groups is 1. The van der Waals surface area contributed by atoms with E-state index in [1.54, 1.807) is 16.4 Å². The van der Waals surface area contributed by atoms with E-state index in [0.717, 1.165) is 16.9 Å². The Morgan fingerprint density at radius 1 is 1.37 bits per heavy atom. The normalized spacial score (nSPS) is 11.2. The largest absolute Gasteiger partial charge is 0.384 e. The summed E-state index contributed by atoms with van der Waals surface area (Å²) in [6.45, 7) is 6.30. The molecule has 2 aromatic rings. The van der Waals surface area contributed by atoms with Gasteiger partial charge < -0.3 is 5.73 Å². The van der Waals surface area contributed by atoms with E-state index in [2.05, 4.69) is 31.3 Å². The number of nitrogens with zero attached hydrogens (tertiary/aromatic N) is 2. The Kier molecular flexibility index (Phi) is 5.66. The summed E-state index contributed by atoms with van der Waals surface area (Å²) in [5.74, 6) is 0.665. The summed E-state index contributed by atoms with van der Waals surface area (Å²) in [6, 6.07) is 11.0. The molecule has 0 atom stereocenters. The minimum absolute atomic E-state index is 0. The van der Waals surface area contributed by atoms with Gasteiger partial charge in [0.25, 0.3) is 0 Å². The second kappa shape index (κ2) is 6.42. The van der Waals surface area contributed by atoms with Crippen molar-refractivity contribution in [1.29, 1.82) is 0 Å². The zero-order valence-electron chi connectivity index (χ0n) is 11.8. The molecular formula is C14H18N3SY-. The molecule has 0 aliphatic carbocycles. The molecule has 1 aromatic heterocycles. The predicted octanol–water partition coefficient (Wildman–Crippen LogP) is 3.16. The summed E-state index contributed by atoms with van der Waals surface area (Å²) in [4.78, 5) is 0. The van der Waals surface area contributed by atoms with Crippen LogP contribution in [0.1, 0.15) is 25.1 Å². The molecule has 3 nitrogen and oxygen atoms in total. The van der Waals surface area contributed by atoms with Crippen LogP contribution in [-0.2, 0) is 37.5 Å². The minimum Gasteiger partial charge on any atom is -0.384 e. The first-order chi connectivity index (χ1) is 8.44. The number of aryl methyl sites for hydroxylation is 1. The molecular weight excluding hydrogens is 331 g/mol. The molecule has 2 rings (SSSR count). The third kappa shape index (κ3) is 3.62. The third-order valence-electron chi connectivity index (χ3n) is 3.04. The maximum Gasteiger partial charge on any atom is 0.124 e. The van der Waals surface area contributed by atoms with Crippen LogP contribution >= 0.6 is 11.8 Å². The van der Waals surface area contributed by atoms with Crippen LogP contribution in [0.25, 0.3) is 5.69 Å². The molecule has 0 bridgehead atoms. The topological polar surface area (TPSA) is 43.8 Å². The van der Waals surface area contributed by atoms with Gasteiger partial charge in [0, 0.05) is 38.8 Å². The smallest absolute Gasteiger partial charge is 0.124 e. The Labute approximate surface area is 144 Å².